The second kappa shape index (κ2) is 9.40. The SMILES string of the molecule is CCSc1ccc(CC(=O)N(CCn2cccn2)c2nc3c(F)cccc3s2)cc1. The Bertz CT molecular complexity index is 1130. The fraction of sp³-hybridized carbons (Fsp3) is 0.227. The Hall–Kier alpha value is -2.71. The van der Waals surface area contributed by atoms with Crippen LogP contribution >= 0.6 is 23.1 Å². The fourth-order valence-corrected chi connectivity index (χ4v) is 4.81. The number of anilines is 1. The minimum Gasteiger partial charge on any atom is -0.286 e. The zero-order valence-corrected chi connectivity index (χ0v) is 18.1. The lowest BCUT2D eigenvalue weighted by Crippen LogP contribution is -2.35. The number of amides is 1. The molecule has 5 nitrogen and oxygen atoms in total. The summed E-state index contributed by atoms with van der Waals surface area (Å²) in [6.07, 6.45) is 3.81. The van der Waals surface area contributed by atoms with Gasteiger partial charge in [0.25, 0.3) is 0 Å². The molecule has 0 saturated heterocycles. The first-order valence-corrected chi connectivity index (χ1v) is 11.5. The maximum absolute atomic E-state index is 14.1. The highest BCUT2D eigenvalue weighted by atomic mass is 32.2. The molecule has 0 N–H and O–H groups in total. The predicted molar refractivity (Wildman–Crippen MR) is 121 cm³/mol. The molecule has 2 aromatic carbocycles. The smallest absolute Gasteiger partial charge is 0.233 e. The fourth-order valence-electron chi connectivity index (χ4n) is 3.12. The third-order valence-electron chi connectivity index (χ3n) is 4.59. The zero-order chi connectivity index (χ0) is 20.9. The van der Waals surface area contributed by atoms with Gasteiger partial charge in [0.05, 0.1) is 17.7 Å². The van der Waals surface area contributed by atoms with Crippen LogP contribution in [0.1, 0.15) is 12.5 Å². The molecule has 8 heteroatoms. The quantitative estimate of drug-likeness (QED) is 0.361. The number of hydrogen-bond acceptors (Lipinski definition) is 5. The maximum atomic E-state index is 14.1. The predicted octanol–water partition coefficient (Wildman–Crippen LogP) is 5.02. The lowest BCUT2D eigenvalue weighted by atomic mass is 10.1. The summed E-state index contributed by atoms with van der Waals surface area (Å²) >= 11 is 3.09. The first kappa shape index (κ1) is 20.6. The Kier molecular flexibility index (Phi) is 6.44. The number of para-hydroxylation sites is 1. The average Bonchev–Trinajstić information content (AvgIpc) is 3.40. The molecule has 2 heterocycles. The lowest BCUT2D eigenvalue weighted by molar-refractivity contribution is -0.118. The third kappa shape index (κ3) is 4.71. The first-order valence-electron chi connectivity index (χ1n) is 9.68. The molecule has 30 heavy (non-hydrogen) atoms. The summed E-state index contributed by atoms with van der Waals surface area (Å²) in [5, 5.41) is 4.71. The highest BCUT2D eigenvalue weighted by molar-refractivity contribution is 7.99. The van der Waals surface area contributed by atoms with Crippen molar-refractivity contribution in [1.82, 2.24) is 14.8 Å². The van der Waals surface area contributed by atoms with E-state index >= 15 is 0 Å². The van der Waals surface area contributed by atoms with Gasteiger partial charge in [-0.2, -0.15) is 5.10 Å². The van der Waals surface area contributed by atoms with Gasteiger partial charge in [-0.15, -0.1) is 11.8 Å². The van der Waals surface area contributed by atoms with Crippen molar-refractivity contribution in [1.29, 1.82) is 0 Å². The van der Waals surface area contributed by atoms with Gasteiger partial charge in [0.2, 0.25) is 5.91 Å². The minimum atomic E-state index is -0.376. The van der Waals surface area contributed by atoms with Crippen LogP contribution in [0.5, 0.6) is 0 Å². The molecule has 0 fully saturated rings. The molecule has 4 rings (SSSR count). The van der Waals surface area contributed by atoms with Crippen LogP contribution in [0.3, 0.4) is 0 Å². The third-order valence-corrected chi connectivity index (χ3v) is 6.53. The second-order valence-corrected chi connectivity index (χ2v) is 9.00. The van der Waals surface area contributed by atoms with E-state index in [0.29, 0.717) is 23.7 Å². The van der Waals surface area contributed by atoms with Crippen LogP contribution in [0, 0.1) is 5.82 Å². The van der Waals surface area contributed by atoms with Gasteiger partial charge in [-0.25, -0.2) is 9.37 Å². The summed E-state index contributed by atoms with van der Waals surface area (Å²) in [4.78, 5) is 20.5. The van der Waals surface area contributed by atoms with Crippen LogP contribution in [0.15, 0.2) is 65.8 Å². The molecule has 0 atom stereocenters. The van der Waals surface area contributed by atoms with E-state index in [1.165, 1.54) is 22.3 Å². The van der Waals surface area contributed by atoms with Crippen LogP contribution in [-0.2, 0) is 17.8 Å². The molecule has 4 aromatic rings. The van der Waals surface area contributed by atoms with Crippen molar-refractivity contribution >= 4 is 44.4 Å². The molecule has 0 aliphatic heterocycles. The van der Waals surface area contributed by atoms with E-state index in [0.717, 1.165) is 16.0 Å². The Morgan fingerprint density at radius 2 is 2.03 bits per heavy atom. The molecule has 0 aliphatic carbocycles. The number of carbonyl (C=O) groups excluding carboxylic acids is 1. The number of fused-ring (bicyclic) bond motifs is 1. The lowest BCUT2D eigenvalue weighted by Gasteiger charge is -2.20. The molecular formula is C22H21FN4OS2. The van der Waals surface area contributed by atoms with Gasteiger partial charge in [-0.05, 0) is 41.6 Å². The van der Waals surface area contributed by atoms with Gasteiger partial charge in [0.1, 0.15) is 11.3 Å². The largest absolute Gasteiger partial charge is 0.286 e. The Morgan fingerprint density at radius 3 is 2.73 bits per heavy atom. The van der Waals surface area contributed by atoms with Crippen LogP contribution in [0.25, 0.3) is 10.2 Å². The van der Waals surface area contributed by atoms with Gasteiger partial charge in [-0.1, -0.05) is 36.5 Å². The number of aromatic nitrogens is 3. The standard InChI is InChI=1S/C22H21FN4OS2/c1-2-29-17-9-7-16(8-10-17)15-20(28)27(14-13-26-12-4-11-24-26)22-25-21-18(23)5-3-6-19(21)30-22/h3-12H,2,13-15H2,1H3. The minimum absolute atomic E-state index is 0.0717. The summed E-state index contributed by atoms with van der Waals surface area (Å²) in [5.74, 6) is 0.559. The molecule has 0 aliphatic rings. The number of thiazole rings is 1. The van der Waals surface area contributed by atoms with Gasteiger partial charge in [0, 0.05) is 23.8 Å². The molecule has 0 spiro atoms. The van der Waals surface area contributed by atoms with E-state index in [-0.39, 0.29) is 18.1 Å². The molecule has 0 radical (unpaired) electrons. The van der Waals surface area contributed by atoms with Gasteiger partial charge in [0.15, 0.2) is 5.13 Å². The summed E-state index contributed by atoms with van der Waals surface area (Å²) in [6.45, 7) is 3.05. The summed E-state index contributed by atoms with van der Waals surface area (Å²) in [5.41, 5.74) is 1.24. The van der Waals surface area contributed by atoms with E-state index in [2.05, 4.69) is 17.0 Å². The molecule has 0 saturated carbocycles. The van der Waals surface area contributed by atoms with E-state index in [1.54, 1.807) is 33.6 Å². The number of rotatable bonds is 8. The zero-order valence-electron chi connectivity index (χ0n) is 16.5. The first-order chi connectivity index (χ1) is 14.6. The van der Waals surface area contributed by atoms with E-state index in [9.17, 15) is 9.18 Å². The maximum Gasteiger partial charge on any atom is 0.233 e. The van der Waals surface area contributed by atoms with Crippen LogP contribution in [-0.4, -0.2) is 33.0 Å². The van der Waals surface area contributed by atoms with E-state index in [1.807, 2.05) is 42.6 Å². The number of carbonyl (C=O) groups is 1. The number of halogens is 1. The van der Waals surface area contributed by atoms with Crippen LogP contribution in [0.4, 0.5) is 9.52 Å². The van der Waals surface area contributed by atoms with Gasteiger partial charge >= 0.3 is 0 Å². The van der Waals surface area contributed by atoms with Crippen molar-refractivity contribution in [2.24, 2.45) is 0 Å². The van der Waals surface area contributed by atoms with Crippen LogP contribution in [0.2, 0.25) is 0 Å². The van der Waals surface area contributed by atoms with Crippen LogP contribution < -0.4 is 4.90 Å². The highest BCUT2D eigenvalue weighted by Crippen LogP contribution is 2.30. The second-order valence-electron chi connectivity index (χ2n) is 6.65. The van der Waals surface area contributed by atoms with Crippen molar-refractivity contribution < 1.29 is 9.18 Å². The van der Waals surface area contributed by atoms with Gasteiger partial charge < -0.3 is 0 Å². The topological polar surface area (TPSA) is 51.0 Å². The van der Waals surface area contributed by atoms with Crippen molar-refractivity contribution in [2.45, 2.75) is 24.8 Å². The molecule has 0 bridgehead atoms. The molecule has 0 unspecified atom stereocenters. The molecule has 2 aromatic heterocycles. The van der Waals surface area contributed by atoms with E-state index in [4.69, 9.17) is 0 Å². The monoisotopic (exact) mass is 440 g/mol. The van der Waals surface area contributed by atoms with Crippen molar-refractivity contribution in [3.8, 4) is 0 Å². The summed E-state index contributed by atoms with van der Waals surface area (Å²) < 4.78 is 16.6. The van der Waals surface area contributed by atoms with Crippen molar-refractivity contribution in [2.75, 3.05) is 17.2 Å². The van der Waals surface area contributed by atoms with E-state index < -0.39 is 0 Å². The number of thioether (sulfide) groups is 1. The summed E-state index contributed by atoms with van der Waals surface area (Å²) in [7, 11) is 0. The van der Waals surface area contributed by atoms with Crippen molar-refractivity contribution in [3.05, 3.63) is 72.3 Å². The molecule has 154 valence electrons. The Morgan fingerprint density at radius 1 is 1.20 bits per heavy atom. The van der Waals surface area contributed by atoms with Gasteiger partial charge in [-0.3, -0.25) is 14.4 Å². The average molecular weight is 441 g/mol. The normalized spacial score (nSPS) is 11.1. The summed E-state index contributed by atoms with van der Waals surface area (Å²) in [6, 6.07) is 14.8. The Labute approximate surface area is 182 Å². The molecule has 1 amide bonds. The molecular weight excluding hydrogens is 419 g/mol. The van der Waals surface area contributed by atoms with Crippen molar-refractivity contribution in [3.63, 3.8) is 0 Å². The number of hydrogen-bond donors (Lipinski definition) is 0. The number of benzene rings is 2. The number of nitrogens with zero attached hydrogens (tertiary/aromatic N) is 4. The Balaban J connectivity index is 1.58. The highest BCUT2D eigenvalue weighted by Gasteiger charge is 2.21.